The molecule has 5 rings (SSSR count). The molecule has 0 radical (unpaired) electrons. The standard InChI is InChI=1S/C25H37N/c1-24-15-6-5-8-18(24)10-11-19-20-12-13-22(23-9-4-3-7-17-26-23)25(20,2)16-14-21(19)24/h3-4,7,9,17-22,26H,5-6,8,10-16H2,1-2H3/t18?,19-,20-,21-,22?,24-,25-/m0/s1. The number of hydrogen-bond donors (Lipinski definition) is 1. The Morgan fingerprint density at radius 1 is 0.808 bits per heavy atom. The third-order valence-corrected chi connectivity index (χ3v) is 9.80. The molecule has 4 saturated carbocycles. The molecule has 0 bridgehead atoms. The van der Waals surface area contributed by atoms with Gasteiger partial charge in [0, 0.05) is 17.8 Å². The zero-order valence-corrected chi connectivity index (χ0v) is 16.8. The van der Waals surface area contributed by atoms with Crippen LogP contribution in [0.4, 0.5) is 0 Å². The van der Waals surface area contributed by atoms with Gasteiger partial charge in [-0.2, -0.15) is 0 Å². The van der Waals surface area contributed by atoms with Gasteiger partial charge in [0.15, 0.2) is 0 Å². The van der Waals surface area contributed by atoms with Gasteiger partial charge in [-0.1, -0.05) is 38.8 Å². The number of rotatable bonds is 1. The SMILES string of the molecule is C[C@]12CCCCC1CC[C@@H]1[C@@H]2CC[C@]2(C)C(C3=CC=CC=CN3)CC[C@@H]12. The van der Waals surface area contributed by atoms with Crippen LogP contribution in [0.25, 0.3) is 0 Å². The van der Waals surface area contributed by atoms with Crippen molar-refractivity contribution in [1.29, 1.82) is 0 Å². The summed E-state index contributed by atoms with van der Waals surface area (Å²) in [5, 5.41) is 3.62. The Kier molecular flexibility index (Phi) is 4.14. The van der Waals surface area contributed by atoms with Crippen LogP contribution in [0.15, 0.2) is 36.2 Å². The first-order valence-corrected chi connectivity index (χ1v) is 11.4. The Balaban J connectivity index is 1.42. The minimum Gasteiger partial charge on any atom is -0.365 e. The molecule has 1 nitrogen and oxygen atoms in total. The molecule has 0 aromatic rings. The van der Waals surface area contributed by atoms with E-state index in [-0.39, 0.29) is 0 Å². The fraction of sp³-hybridized carbons (Fsp3) is 0.760. The Hall–Kier alpha value is -0.980. The van der Waals surface area contributed by atoms with Crippen molar-refractivity contribution in [3.63, 3.8) is 0 Å². The van der Waals surface area contributed by atoms with Gasteiger partial charge in [0.2, 0.25) is 0 Å². The van der Waals surface area contributed by atoms with E-state index < -0.39 is 0 Å². The van der Waals surface area contributed by atoms with E-state index in [1.54, 1.807) is 0 Å². The molecular weight excluding hydrogens is 314 g/mol. The fourth-order valence-electron chi connectivity index (χ4n) is 8.49. The minimum atomic E-state index is 0.518. The fourth-order valence-corrected chi connectivity index (χ4v) is 8.49. The van der Waals surface area contributed by atoms with Crippen LogP contribution >= 0.6 is 0 Å². The van der Waals surface area contributed by atoms with Crippen molar-refractivity contribution in [2.24, 2.45) is 40.4 Å². The van der Waals surface area contributed by atoms with E-state index in [2.05, 4.69) is 49.7 Å². The van der Waals surface area contributed by atoms with Crippen LogP contribution < -0.4 is 5.32 Å². The molecule has 1 N–H and O–H groups in total. The second-order valence-electron chi connectivity index (χ2n) is 10.6. The first kappa shape index (κ1) is 17.1. The Labute approximate surface area is 160 Å². The smallest absolute Gasteiger partial charge is 0.0183 e. The number of allylic oxidation sites excluding steroid dienone is 5. The zero-order chi connectivity index (χ0) is 17.8. The molecule has 0 saturated heterocycles. The van der Waals surface area contributed by atoms with E-state index in [1.165, 1.54) is 69.9 Å². The molecule has 1 aliphatic heterocycles. The second-order valence-corrected chi connectivity index (χ2v) is 10.6. The highest BCUT2D eigenvalue weighted by molar-refractivity contribution is 5.26. The molecule has 0 aromatic carbocycles. The van der Waals surface area contributed by atoms with Gasteiger partial charge in [0.05, 0.1) is 0 Å². The van der Waals surface area contributed by atoms with E-state index in [0.717, 1.165) is 29.6 Å². The minimum absolute atomic E-state index is 0.518. The lowest BCUT2D eigenvalue weighted by Crippen LogP contribution is -2.53. The van der Waals surface area contributed by atoms with Gasteiger partial charge in [-0.05, 0) is 98.0 Å². The van der Waals surface area contributed by atoms with Gasteiger partial charge in [-0.15, -0.1) is 0 Å². The van der Waals surface area contributed by atoms with Crippen molar-refractivity contribution in [2.45, 2.75) is 78.1 Å². The monoisotopic (exact) mass is 351 g/mol. The van der Waals surface area contributed by atoms with Gasteiger partial charge >= 0.3 is 0 Å². The Morgan fingerprint density at radius 2 is 1.69 bits per heavy atom. The maximum absolute atomic E-state index is 3.62. The number of nitrogens with one attached hydrogen (secondary N) is 1. The highest BCUT2D eigenvalue weighted by Gasteiger charge is 2.60. The van der Waals surface area contributed by atoms with E-state index in [4.69, 9.17) is 0 Å². The largest absolute Gasteiger partial charge is 0.365 e. The summed E-state index contributed by atoms with van der Waals surface area (Å²) >= 11 is 0. The van der Waals surface area contributed by atoms with Gasteiger partial charge in [-0.3, -0.25) is 0 Å². The molecular formula is C25H37N. The number of hydrogen-bond acceptors (Lipinski definition) is 1. The third kappa shape index (κ3) is 2.41. The molecule has 4 aliphatic carbocycles. The molecule has 2 unspecified atom stereocenters. The quantitative estimate of drug-likeness (QED) is 0.561. The molecule has 0 amide bonds. The second kappa shape index (κ2) is 6.28. The van der Waals surface area contributed by atoms with E-state index >= 15 is 0 Å². The molecule has 142 valence electrons. The van der Waals surface area contributed by atoms with Gasteiger partial charge < -0.3 is 5.32 Å². The van der Waals surface area contributed by atoms with Crippen LogP contribution in [0.1, 0.15) is 78.1 Å². The van der Waals surface area contributed by atoms with Gasteiger partial charge in [0.25, 0.3) is 0 Å². The molecule has 4 fully saturated rings. The van der Waals surface area contributed by atoms with Crippen LogP contribution in [0.2, 0.25) is 0 Å². The summed E-state index contributed by atoms with van der Waals surface area (Å²) < 4.78 is 0. The van der Waals surface area contributed by atoms with Gasteiger partial charge in [0.1, 0.15) is 0 Å². The van der Waals surface area contributed by atoms with Crippen molar-refractivity contribution in [1.82, 2.24) is 5.32 Å². The first-order valence-electron chi connectivity index (χ1n) is 11.4. The lowest BCUT2D eigenvalue weighted by molar-refractivity contribution is -0.108. The van der Waals surface area contributed by atoms with E-state index in [0.29, 0.717) is 10.8 Å². The predicted molar refractivity (Wildman–Crippen MR) is 109 cm³/mol. The van der Waals surface area contributed by atoms with Crippen LogP contribution in [-0.4, -0.2) is 0 Å². The van der Waals surface area contributed by atoms with Crippen LogP contribution in [0.5, 0.6) is 0 Å². The Morgan fingerprint density at radius 3 is 2.62 bits per heavy atom. The summed E-state index contributed by atoms with van der Waals surface area (Å²) in [5.74, 6) is 4.77. The van der Waals surface area contributed by atoms with Gasteiger partial charge in [-0.25, -0.2) is 0 Å². The van der Waals surface area contributed by atoms with Crippen molar-refractivity contribution in [3.05, 3.63) is 36.2 Å². The third-order valence-electron chi connectivity index (χ3n) is 9.80. The summed E-state index contributed by atoms with van der Waals surface area (Å²) in [7, 11) is 0. The lowest BCUT2D eigenvalue weighted by atomic mass is 9.45. The summed E-state index contributed by atoms with van der Waals surface area (Å²) in [6.07, 6.45) is 25.9. The molecule has 1 heterocycles. The van der Waals surface area contributed by atoms with Crippen molar-refractivity contribution in [2.75, 3.05) is 0 Å². The molecule has 7 atom stereocenters. The summed E-state index contributed by atoms with van der Waals surface area (Å²) in [4.78, 5) is 0. The highest BCUT2D eigenvalue weighted by Crippen LogP contribution is 2.68. The average molecular weight is 352 g/mol. The summed E-state index contributed by atoms with van der Waals surface area (Å²) in [6.45, 7) is 5.36. The summed E-state index contributed by atoms with van der Waals surface area (Å²) in [5.41, 5.74) is 2.67. The van der Waals surface area contributed by atoms with Crippen LogP contribution in [0.3, 0.4) is 0 Å². The zero-order valence-electron chi connectivity index (χ0n) is 16.8. The molecule has 26 heavy (non-hydrogen) atoms. The van der Waals surface area contributed by atoms with E-state index in [1.807, 2.05) is 0 Å². The van der Waals surface area contributed by atoms with Crippen molar-refractivity contribution < 1.29 is 0 Å². The predicted octanol–water partition coefficient (Wildman–Crippen LogP) is 6.59. The lowest BCUT2D eigenvalue weighted by Gasteiger charge is -2.60. The van der Waals surface area contributed by atoms with Crippen molar-refractivity contribution >= 4 is 0 Å². The average Bonchev–Trinajstić information content (AvgIpc) is 2.81. The normalized spacial score (nSPS) is 50.1. The maximum Gasteiger partial charge on any atom is 0.0183 e. The maximum atomic E-state index is 3.62. The molecule has 5 aliphatic rings. The summed E-state index contributed by atoms with van der Waals surface area (Å²) in [6, 6.07) is 0. The van der Waals surface area contributed by atoms with Crippen LogP contribution in [0, 0.1) is 40.4 Å². The topological polar surface area (TPSA) is 12.0 Å². The van der Waals surface area contributed by atoms with Crippen LogP contribution in [-0.2, 0) is 0 Å². The van der Waals surface area contributed by atoms with E-state index in [9.17, 15) is 0 Å². The van der Waals surface area contributed by atoms with Crippen molar-refractivity contribution in [3.8, 4) is 0 Å². The molecule has 0 spiro atoms. The number of fused-ring (bicyclic) bond motifs is 5. The first-order chi connectivity index (χ1) is 12.6. The Bertz CT molecular complexity index is 643. The molecule has 1 heteroatoms. The molecule has 0 aromatic heterocycles. The highest BCUT2D eigenvalue weighted by atomic mass is 14.9.